The van der Waals surface area contributed by atoms with Gasteiger partial charge in [-0.1, -0.05) is 11.8 Å². The van der Waals surface area contributed by atoms with Crippen LogP contribution in [-0.4, -0.2) is 46.3 Å². The molecule has 5 aliphatic rings. The van der Waals surface area contributed by atoms with Crippen LogP contribution in [0.4, 0.5) is 15.8 Å². The maximum Gasteiger partial charge on any atom is 0.338 e. The highest BCUT2D eigenvalue weighted by atomic mass is 32.2. The molecule has 1 heterocycles. The van der Waals surface area contributed by atoms with Crippen molar-refractivity contribution >= 4 is 46.1 Å². The van der Waals surface area contributed by atoms with Crippen LogP contribution in [0.3, 0.4) is 0 Å². The second kappa shape index (κ2) is 11.6. The Bertz CT molecular complexity index is 1310. The number of carbonyl (C=O) groups is 3. The highest BCUT2D eigenvalue weighted by Crippen LogP contribution is 2.61. The number of thioether (sulfide) groups is 1. The zero-order valence-corrected chi connectivity index (χ0v) is 24.1. The average Bonchev–Trinajstić information content (AvgIpc) is 2.93. The van der Waals surface area contributed by atoms with Crippen molar-refractivity contribution in [1.82, 2.24) is 4.90 Å². The molecule has 1 atom stereocenters. The summed E-state index contributed by atoms with van der Waals surface area (Å²) < 4.78 is 18.4. The molecular formula is C32H36FN3O4S. The molecule has 4 aliphatic carbocycles. The number of nitrogens with one attached hydrogen (secondary N) is 1. The fraction of sp³-hybridized carbons (Fsp3) is 0.500. The Morgan fingerprint density at radius 3 is 2.27 bits per heavy atom. The summed E-state index contributed by atoms with van der Waals surface area (Å²) in [6, 6.07) is 12.3. The summed E-state index contributed by atoms with van der Waals surface area (Å²) in [7, 11) is 0. The van der Waals surface area contributed by atoms with Gasteiger partial charge < -0.3 is 10.1 Å². The number of anilines is 1. The minimum Gasteiger partial charge on any atom is -0.462 e. The lowest BCUT2D eigenvalue weighted by molar-refractivity contribution is -0.130. The molecule has 5 fully saturated rings. The fourth-order valence-electron chi connectivity index (χ4n) is 7.76. The fourth-order valence-corrected chi connectivity index (χ4v) is 8.88. The van der Waals surface area contributed by atoms with Crippen LogP contribution in [0, 0.1) is 29.0 Å². The standard InChI is InChI=1S/C32H36FN3O4S/c1-2-40-30(39)23-3-7-26(8-4-23)35-31-36(12-11-32-17-20-13-21(18-32)15-22(14-20)19-32)28(37)16-27(41-31)29(38)34-25-9-5-24(33)6-10-25/h3-10,20-22,27H,2,11-19H2,1H3,(H,34,38). The van der Waals surface area contributed by atoms with Crippen LogP contribution < -0.4 is 5.32 Å². The number of benzene rings is 2. The Morgan fingerprint density at radius 1 is 1.02 bits per heavy atom. The highest BCUT2D eigenvalue weighted by Gasteiger charge is 2.51. The molecule has 2 amide bonds. The minimum absolute atomic E-state index is 0.0688. The summed E-state index contributed by atoms with van der Waals surface area (Å²) in [5.41, 5.74) is 1.80. The van der Waals surface area contributed by atoms with Crippen LogP contribution >= 0.6 is 11.8 Å². The molecule has 1 N–H and O–H groups in total. The monoisotopic (exact) mass is 577 g/mol. The van der Waals surface area contributed by atoms with Crippen LogP contribution in [0.1, 0.15) is 68.6 Å². The van der Waals surface area contributed by atoms with E-state index in [2.05, 4.69) is 5.32 Å². The van der Waals surface area contributed by atoms with E-state index in [1.807, 2.05) is 0 Å². The first kappa shape index (κ1) is 27.9. The highest BCUT2D eigenvalue weighted by molar-refractivity contribution is 8.15. The summed E-state index contributed by atoms with van der Waals surface area (Å²) in [5, 5.41) is 2.64. The summed E-state index contributed by atoms with van der Waals surface area (Å²) in [6.07, 6.45) is 8.93. The Kier molecular flexibility index (Phi) is 7.90. The molecule has 0 radical (unpaired) electrons. The van der Waals surface area contributed by atoms with Gasteiger partial charge in [0.25, 0.3) is 0 Å². The first-order valence-electron chi connectivity index (χ1n) is 14.7. The van der Waals surface area contributed by atoms with Gasteiger partial charge in [-0.2, -0.15) is 0 Å². The Balaban J connectivity index is 1.22. The van der Waals surface area contributed by atoms with Crippen LogP contribution in [-0.2, 0) is 14.3 Å². The molecule has 0 aromatic heterocycles. The summed E-state index contributed by atoms with van der Waals surface area (Å²) in [5.74, 6) is 1.28. The lowest BCUT2D eigenvalue weighted by Crippen LogP contribution is -2.50. The maximum absolute atomic E-state index is 13.6. The normalized spacial score (nSPS) is 29.6. The predicted molar refractivity (Wildman–Crippen MR) is 157 cm³/mol. The van der Waals surface area contributed by atoms with Gasteiger partial charge in [0.1, 0.15) is 11.1 Å². The van der Waals surface area contributed by atoms with Crippen molar-refractivity contribution in [2.75, 3.05) is 18.5 Å². The number of hydrogen-bond acceptors (Lipinski definition) is 6. The molecule has 7 rings (SSSR count). The first-order valence-corrected chi connectivity index (χ1v) is 15.6. The number of carbonyl (C=O) groups excluding carboxylic acids is 3. The third-order valence-corrected chi connectivity index (χ3v) is 10.4. The molecule has 4 bridgehead atoms. The molecule has 1 aliphatic heterocycles. The van der Waals surface area contributed by atoms with Crippen molar-refractivity contribution in [3.8, 4) is 0 Å². The Hall–Kier alpha value is -3.20. The molecule has 216 valence electrons. The molecule has 2 aromatic rings. The number of halogens is 1. The molecule has 7 nitrogen and oxygen atoms in total. The van der Waals surface area contributed by atoms with E-state index >= 15 is 0 Å². The van der Waals surface area contributed by atoms with E-state index in [4.69, 9.17) is 9.73 Å². The van der Waals surface area contributed by atoms with E-state index in [9.17, 15) is 18.8 Å². The zero-order valence-electron chi connectivity index (χ0n) is 23.3. The van der Waals surface area contributed by atoms with Gasteiger partial charge in [-0.15, -0.1) is 0 Å². The second-order valence-electron chi connectivity index (χ2n) is 12.2. The molecule has 1 unspecified atom stereocenters. The van der Waals surface area contributed by atoms with E-state index in [0.717, 1.165) is 24.2 Å². The van der Waals surface area contributed by atoms with Gasteiger partial charge in [0.05, 0.1) is 17.9 Å². The van der Waals surface area contributed by atoms with Crippen molar-refractivity contribution in [2.45, 2.75) is 63.5 Å². The largest absolute Gasteiger partial charge is 0.462 e. The molecule has 9 heteroatoms. The second-order valence-corrected chi connectivity index (χ2v) is 13.4. The topological polar surface area (TPSA) is 88.1 Å². The lowest BCUT2D eigenvalue weighted by Gasteiger charge is -2.57. The van der Waals surface area contributed by atoms with E-state index < -0.39 is 11.2 Å². The number of amides is 2. The van der Waals surface area contributed by atoms with Crippen LogP contribution in [0.5, 0.6) is 0 Å². The van der Waals surface area contributed by atoms with Crippen molar-refractivity contribution in [2.24, 2.45) is 28.2 Å². The summed E-state index contributed by atoms with van der Waals surface area (Å²) in [6.45, 7) is 2.64. The molecule has 41 heavy (non-hydrogen) atoms. The summed E-state index contributed by atoms with van der Waals surface area (Å²) >= 11 is 1.28. The number of aliphatic imine (C=N–C) groups is 1. The Morgan fingerprint density at radius 2 is 1.66 bits per heavy atom. The number of rotatable bonds is 8. The van der Waals surface area contributed by atoms with Gasteiger partial charge in [0, 0.05) is 18.7 Å². The number of hydrogen-bond donors (Lipinski definition) is 1. The third kappa shape index (κ3) is 6.20. The van der Waals surface area contributed by atoms with Gasteiger partial charge in [-0.05, 0) is 124 Å². The minimum atomic E-state index is -0.666. The van der Waals surface area contributed by atoms with Crippen molar-refractivity contribution in [3.63, 3.8) is 0 Å². The van der Waals surface area contributed by atoms with Crippen molar-refractivity contribution in [1.29, 1.82) is 0 Å². The van der Waals surface area contributed by atoms with Crippen LogP contribution in [0.15, 0.2) is 53.5 Å². The smallest absolute Gasteiger partial charge is 0.338 e. The van der Waals surface area contributed by atoms with Gasteiger partial charge in [0.15, 0.2) is 5.17 Å². The molecular weight excluding hydrogens is 541 g/mol. The third-order valence-electron chi connectivity index (χ3n) is 9.18. The zero-order chi connectivity index (χ0) is 28.6. The van der Waals surface area contributed by atoms with Crippen LogP contribution in [0.2, 0.25) is 0 Å². The maximum atomic E-state index is 13.6. The Labute approximate surface area is 244 Å². The molecule has 4 saturated carbocycles. The van der Waals surface area contributed by atoms with E-state index in [1.165, 1.54) is 74.6 Å². The van der Waals surface area contributed by atoms with E-state index in [-0.39, 0.29) is 24.1 Å². The number of amidine groups is 1. The van der Waals surface area contributed by atoms with Gasteiger partial charge in [-0.3, -0.25) is 14.5 Å². The van der Waals surface area contributed by atoms with Crippen LogP contribution in [0.25, 0.3) is 0 Å². The van der Waals surface area contributed by atoms with Gasteiger partial charge in [0.2, 0.25) is 11.8 Å². The number of ether oxygens (including phenoxy) is 1. The van der Waals surface area contributed by atoms with E-state index in [0.29, 0.717) is 40.7 Å². The lowest BCUT2D eigenvalue weighted by atomic mass is 9.49. The quantitative estimate of drug-likeness (QED) is 0.359. The molecule has 2 aromatic carbocycles. The van der Waals surface area contributed by atoms with Crippen molar-refractivity contribution < 1.29 is 23.5 Å². The summed E-state index contributed by atoms with van der Waals surface area (Å²) in [4.78, 5) is 45.4. The average molecular weight is 578 g/mol. The number of esters is 1. The first-order chi connectivity index (χ1) is 19.8. The molecule has 0 spiro atoms. The van der Waals surface area contributed by atoms with Crippen molar-refractivity contribution in [3.05, 3.63) is 59.9 Å². The van der Waals surface area contributed by atoms with Gasteiger partial charge >= 0.3 is 5.97 Å². The number of nitrogens with zero attached hydrogens (tertiary/aromatic N) is 2. The molecule has 1 saturated heterocycles. The SMILES string of the molecule is CCOC(=O)c1ccc(N=C2SC(C(=O)Nc3ccc(F)cc3)CC(=O)N2CCC23CC4CC(CC(C4)C2)C3)cc1. The van der Waals surface area contributed by atoms with E-state index in [1.54, 1.807) is 36.1 Å². The van der Waals surface area contributed by atoms with Gasteiger partial charge in [-0.25, -0.2) is 14.2 Å². The predicted octanol–water partition coefficient (Wildman–Crippen LogP) is 6.57.